The van der Waals surface area contributed by atoms with Crippen molar-refractivity contribution in [3.8, 4) is 11.5 Å². The van der Waals surface area contributed by atoms with Crippen LogP contribution in [0.3, 0.4) is 0 Å². The van der Waals surface area contributed by atoms with Gasteiger partial charge in [-0.3, -0.25) is 0 Å². The Labute approximate surface area is 122 Å². The molecule has 1 aromatic carbocycles. The summed E-state index contributed by atoms with van der Waals surface area (Å²) in [5, 5.41) is 0. The molecule has 2 unspecified atom stereocenters. The van der Waals surface area contributed by atoms with E-state index in [1.54, 1.807) is 19.2 Å². The van der Waals surface area contributed by atoms with E-state index in [1.807, 2.05) is 13.0 Å². The minimum Gasteiger partial charge on any atom is -0.497 e. The van der Waals surface area contributed by atoms with E-state index in [0.717, 1.165) is 5.56 Å². The first-order valence-corrected chi connectivity index (χ1v) is 6.92. The number of alkyl halides is 3. The third kappa shape index (κ3) is 4.03. The van der Waals surface area contributed by atoms with Gasteiger partial charge in [0.05, 0.1) is 7.11 Å². The lowest BCUT2D eigenvalue weighted by Crippen LogP contribution is -2.40. The monoisotopic (exact) mass is 303 g/mol. The van der Waals surface area contributed by atoms with Crippen molar-refractivity contribution < 1.29 is 22.6 Å². The molecule has 6 heteroatoms. The maximum absolute atomic E-state index is 12.3. The van der Waals surface area contributed by atoms with Crippen LogP contribution < -0.4 is 15.2 Å². The van der Waals surface area contributed by atoms with Crippen LogP contribution in [0.1, 0.15) is 44.2 Å². The molecular weight excluding hydrogens is 283 g/mol. The molecule has 0 aromatic heterocycles. The molecule has 2 N–H and O–H groups in total. The van der Waals surface area contributed by atoms with Crippen LogP contribution in [-0.2, 0) is 0 Å². The van der Waals surface area contributed by atoms with Gasteiger partial charge in [-0.2, -0.15) is 13.2 Å². The number of nitrogens with two attached hydrogens (primary N) is 1. The molecule has 0 saturated carbocycles. The third-order valence-electron chi connectivity index (χ3n) is 3.79. The summed E-state index contributed by atoms with van der Waals surface area (Å²) in [6, 6.07) is 5.13. The van der Waals surface area contributed by atoms with Gasteiger partial charge in [0.25, 0.3) is 0 Å². The Hall–Kier alpha value is -1.43. The van der Waals surface area contributed by atoms with Gasteiger partial charge >= 0.3 is 6.18 Å². The molecule has 118 valence electrons. The number of ether oxygens (including phenoxy) is 2. The fourth-order valence-electron chi connectivity index (χ4n) is 2.73. The lowest BCUT2D eigenvalue weighted by atomic mass is 9.85. The van der Waals surface area contributed by atoms with E-state index in [1.165, 1.54) is 0 Å². The van der Waals surface area contributed by atoms with Gasteiger partial charge < -0.3 is 15.2 Å². The second-order valence-corrected chi connectivity index (χ2v) is 5.74. The van der Waals surface area contributed by atoms with Crippen molar-refractivity contribution >= 4 is 0 Å². The van der Waals surface area contributed by atoms with E-state index in [9.17, 15) is 13.2 Å². The second-order valence-electron chi connectivity index (χ2n) is 5.74. The Balaban J connectivity index is 2.10. The summed E-state index contributed by atoms with van der Waals surface area (Å²) in [5.74, 6) is 1.24. The number of halogens is 3. The first-order chi connectivity index (χ1) is 9.72. The largest absolute Gasteiger partial charge is 0.497 e. The van der Waals surface area contributed by atoms with E-state index < -0.39 is 18.2 Å². The lowest BCUT2D eigenvalue weighted by Gasteiger charge is -2.39. The first kappa shape index (κ1) is 15.9. The molecule has 1 aliphatic heterocycles. The molecule has 3 nitrogen and oxygen atoms in total. The summed E-state index contributed by atoms with van der Waals surface area (Å²) in [6.07, 6.45) is -4.08. The topological polar surface area (TPSA) is 44.5 Å². The van der Waals surface area contributed by atoms with Crippen molar-refractivity contribution in [2.24, 2.45) is 5.73 Å². The highest BCUT2D eigenvalue weighted by Gasteiger charge is 2.37. The molecule has 1 aliphatic rings. The fraction of sp³-hybridized carbons (Fsp3) is 0.600. The highest BCUT2D eigenvalue weighted by molar-refractivity contribution is 5.44. The molecule has 0 aliphatic carbocycles. The fourth-order valence-corrected chi connectivity index (χ4v) is 2.73. The summed E-state index contributed by atoms with van der Waals surface area (Å²) < 4.78 is 47.9. The number of fused-ring (bicyclic) bond motifs is 1. The van der Waals surface area contributed by atoms with Gasteiger partial charge in [-0.25, -0.2) is 0 Å². The predicted octanol–water partition coefficient (Wildman–Crippen LogP) is 3.97. The Morgan fingerprint density at radius 3 is 2.76 bits per heavy atom. The zero-order chi connectivity index (χ0) is 15.7. The van der Waals surface area contributed by atoms with Crippen LogP contribution in [0.4, 0.5) is 13.2 Å². The molecule has 0 radical (unpaired) electrons. The average molecular weight is 303 g/mol. The summed E-state index contributed by atoms with van der Waals surface area (Å²) in [4.78, 5) is 0. The zero-order valence-corrected chi connectivity index (χ0v) is 12.2. The number of benzene rings is 1. The second kappa shape index (κ2) is 5.75. The molecule has 1 heterocycles. The molecule has 0 saturated heterocycles. The Morgan fingerprint density at radius 1 is 1.43 bits per heavy atom. The molecule has 1 aromatic rings. The molecule has 2 atom stereocenters. The Kier molecular flexibility index (Phi) is 4.37. The SMILES string of the molecule is COc1ccc2c(c1)OC(C)(CCCC(F)(F)F)CC2N. The molecule has 0 fully saturated rings. The third-order valence-corrected chi connectivity index (χ3v) is 3.79. The van der Waals surface area contributed by atoms with Gasteiger partial charge in [0.15, 0.2) is 0 Å². The minimum absolute atomic E-state index is 0.0338. The average Bonchev–Trinajstić information content (AvgIpc) is 2.35. The minimum atomic E-state index is -4.13. The summed E-state index contributed by atoms with van der Waals surface area (Å²) in [7, 11) is 1.55. The summed E-state index contributed by atoms with van der Waals surface area (Å²) in [6.45, 7) is 1.81. The highest BCUT2D eigenvalue weighted by atomic mass is 19.4. The first-order valence-electron chi connectivity index (χ1n) is 6.92. The van der Waals surface area contributed by atoms with Crippen LogP contribution in [0.25, 0.3) is 0 Å². The smallest absolute Gasteiger partial charge is 0.389 e. The van der Waals surface area contributed by atoms with Crippen molar-refractivity contribution in [1.29, 1.82) is 0 Å². The van der Waals surface area contributed by atoms with Gasteiger partial charge in [0.2, 0.25) is 0 Å². The van der Waals surface area contributed by atoms with Crippen LogP contribution >= 0.6 is 0 Å². The van der Waals surface area contributed by atoms with Gasteiger partial charge in [-0.1, -0.05) is 6.07 Å². The normalized spacial score (nSPS) is 25.1. The van der Waals surface area contributed by atoms with Crippen molar-refractivity contribution in [2.45, 2.75) is 50.4 Å². The van der Waals surface area contributed by atoms with E-state index in [-0.39, 0.29) is 12.5 Å². The van der Waals surface area contributed by atoms with Crippen LogP contribution in [0.15, 0.2) is 18.2 Å². The lowest BCUT2D eigenvalue weighted by molar-refractivity contribution is -0.137. The molecule has 0 amide bonds. The molecule has 0 spiro atoms. The standard InChI is InChI=1S/C15H20F3NO2/c1-14(6-3-7-15(16,17)18)9-12(19)11-5-4-10(20-2)8-13(11)21-14/h4-5,8,12H,3,6-7,9,19H2,1-2H3. The van der Waals surface area contributed by atoms with Crippen LogP contribution in [0.5, 0.6) is 11.5 Å². The number of hydrogen-bond acceptors (Lipinski definition) is 3. The number of methoxy groups -OCH3 is 1. The van der Waals surface area contributed by atoms with Gasteiger partial charge in [-0.05, 0) is 25.8 Å². The van der Waals surface area contributed by atoms with Gasteiger partial charge in [0, 0.05) is 30.5 Å². The van der Waals surface area contributed by atoms with Gasteiger partial charge in [0.1, 0.15) is 17.1 Å². The van der Waals surface area contributed by atoms with Crippen LogP contribution in [0.2, 0.25) is 0 Å². The van der Waals surface area contributed by atoms with E-state index in [0.29, 0.717) is 24.3 Å². The van der Waals surface area contributed by atoms with Crippen molar-refractivity contribution in [3.05, 3.63) is 23.8 Å². The molecule has 2 rings (SSSR count). The molecule has 0 bridgehead atoms. The predicted molar refractivity (Wildman–Crippen MR) is 73.5 cm³/mol. The summed E-state index contributed by atoms with van der Waals surface area (Å²) >= 11 is 0. The maximum atomic E-state index is 12.3. The van der Waals surface area contributed by atoms with E-state index in [2.05, 4.69) is 0 Å². The van der Waals surface area contributed by atoms with Crippen molar-refractivity contribution in [3.63, 3.8) is 0 Å². The highest BCUT2D eigenvalue weighted by Crippen LogP contribution is 2.42. The van der Waals surface area contributed by atoms with E-state index in [4.69, 9.17) is 15.2 Å². The number of rotatable bonds is 4. The van der Waals surface area contributed by atoms with Crippen LogP contribution in [-0.4, -0.2) is 18.9 Å². The number of hydrogen-bond donors (Lipinski definition) is 1. The van der Waals surface area contributed by atoms with Gasteiger partial charge in [-0.15, -0.1) is 0 Å². The maximum Gasteiger partial charge on any atom is 0.389 e. The summed E-state index contributed by atoms with van der Waals surface area (Å²) in [5.41, 5.74) is 6.32. The molecule has 21 heavy (non-hydrogen) atoms. The zero-order valence-electron chi connectivity index (χ0n) is 12.2. The Morgan fingerprint density at radius 2 is 2.14 bits per heavy atom. The van der Waals surface area contributed by atoms with Crippen molar-refractivity contribution in [1.82, 2.24) is 0 Å². The van der Waals surface area contributed by atoms with E-state index >= 15 is 0 Å². The molecular formula is C15H20F3NO2. The van der Waals surface area contributed by atoms with Crippen LogP contribution in [0, 0.1) is 0 Å². The quantitative estimate of drug-likeness (QED) is 0.915. The Bertz CT molecular complexity index is 504. The van der Waals surface area contributed by atoms with Crippen molar-refractivity contribution in [2.75, 3.05) is 7.11 Å².